The second-order valence-corrected chi connectivity index (χ2v) is 5.70. The minimum Gasteiger partial charge on any atom is -0.369 e. The van der Waals surface area contributed by atoms with E-state index in [2.05, 4.69) is 23.0 Å². The maximum Gasteiger partial charge on any atom is 0.224 e. The molecule has 1 saturated heterocycles. The smallest absolute Gasteiger partial charge is 0.224 e. The van der Waals surface area contributed by atoms with E-state index in [1.165, 1.54) is 5.56 Å². The first-order valence-corrected chi connectivity index (χ1v) is 7.00. The van der Waals surface area contributed by atoms with Crippen LogP contribution in [0.4, 0.5) is 0 Å². The molecule has 1 amide bonds. The van der Waals surface area contributed by atoms with Gasteiger partial charge in [-0.1, -0.05) is 6.07 Å². The van der Waals surface area contributed by atoms with Crippen molar-refractivity contribution >= 4 is 5.91 Å². The van der Waals surface area contributed by atoms with E-state index in [4.69, 9.17) is 5.73 Å². The molecule has 0 aliphatic carbocycles. The van der Waals surface area contributed by atoms with Gasteiger partial charge in [0.2, 0.25) is 5.91 Å². The predicted octanol–water partition coefficient (Wildman–Crippen LogP) is 1.60. The Kier molecular flexibility index (Phi) is 4.53. The predicted molar refractivity (Wildman–Crippen MR) is 75.5 cm³/mol. The second kappa shape index (κ2) is 6.15. The van der Waals surface area contributed by atoms with Crippen LogP contribution in [0.15, 0.2) is 24.5 Å². The first-order valence-electron chi connectivity index (χ1n) is 7.00. The molecule has 0 saturated carbocycles. The van der Waals surface area contributed by atoms with Gasteiger partial charge in [0.25, 0.3) is 0 Å². The highest BCUT2D eigenvalue weighted by Gasteiger charge is 2.39. The summed E-state index contributed by atoms with van der Waals surface area (Å²) in [6.07, 6.45) is 8.50. The number of likely N-dealkylation sites (tertiary alicyclic amines) is 1. The number of aromatic nitrogens is 1. The molecule has 1 aliphatic heterocycles. The quantitative estimate of drug-likeness (QED) is 0.876. The number of nitrogens with zero attached hydrogens (tertiary/aromatic N) is 2. The number of piperidine rings is 1. The van der Waals surface area contributed by atoms with Gasteiger partial charge in [0.1, 0.15) is 0 Å². The summed E-state index contributed by atoms with van der Waals surface area (Å²) >= 11 is 0. The van der Waals surface area contributed by atoms with Gasteiger partial charge in [-0.25, -0.2) is 0 Å². The normalized spacial score (nSPS) is 24.3. The molecular formula is C15H23N3O. The van der Waals surface area contributed by atoms with Crippen LogP contribution in [0.1, 0.15) is 31.2 Å². The summed E-state index contributed by atoms with van der Waals surface area (Å²) in [5, 5.41) is 0. The molecule has 4 heteroatoms. The maximum absolute atomic E-state index is 11.8. The van der Waals surface area contributed by atoms with Crippen LogP contribution in [0, 0.1) is 5.41 Å². The molecule has 2 rings (SSSR count). The fourth-order valence-corrected chi connectivity index (χ4v) is 3.07. The summed E-state index contributed by atoms with van der Waals surface area (Å²) in [5.41, 5.74) is 6.57. The molecule has 0 spiro atoms. The number of pyridine rings is 1. The standard InChI is InChI=1S/C15H23N3O/c1-18-10-4-8-15(12-18,14(16)19)7-2-5-13-6-3-9-17-11-13/h3,6,9,11H,2,4-5,7-8,10,12H2,1H3,(H2,16,19)/t15-/m1/s1. The zero-order valence-corrected chi connectivity index (χ0v) is 11.6. The van der Waals surface area contributed by atoms with Crippen molar-refractivity contribution in [2.24, 2.45) is 11.1 Å². The number of amides is 1. The highest BCUT2D eigenvalue weighted by atomic mass is 16.1. The largest absolute Gasteiger partial charge is 0.369 e. The number of primary amides is 1. The lowest BCUT2D eigenvalue weighted by Gasteiger charge is -2.39. The molecule has 1 aromatic heterocycles. The van der Waals surface area contributed by atoms with Gasteiger partial charge in [-0.2, -0.15) is 0 Å². The van der Waals surface area contributed by atoms with Crippen LogP contribution >= 0.6 is 0 Å². The van der Waals surface area contributed by atoms with Gasteiger partial charge < -0.3 is 10.6 Å². The van der Waals surface area contributed by atoms with Gasteiger partial charge in [0.15, 0.2) is 0 Å². The Morgan fingerprint density at radius 3 is 3.05 bits per heavy atom. The van der Waals surface area contributed by atoms with Crippen LogP contribution in [-0.4, -0.2) is 35.9 Å². The van der Waals surface area contributed by atoms with E-state index in [-0.39, 0.29) is 11.3 Å². The van der Waals surface area contributed by atoms with Gasteiger partial charge >= 0.3 is 0 Å². The van der Waals surface area contributed by atoms with Crippen LogP contribution in [-0.2, 0) is 11.2 Å². The van der Waals surface area contributed by atoms with Crippen LogP contribution in [0.3, 0.4) is 0 Å². The molecule has 104 valence electrons. The SMILES string of the molecule is CN1CCC[C@@](CCCc2cccnc2)(C(N)=O)C1. The van der Waals surface area contributed by atoms with Crippen molar-refractivity contribution in [2.75, 3.05) is 20.1 Å². The molecule has 0 radical (unpaired) electrons. The summed E-state index contributed by atoms with van der Waals surface area (Å²) in [5.74, 6) is -0.134. The van der Waals surface area contributed by atoms with E-state index in [1.54, 1.807) is 6.20 Å². The number of carbonyl (C=O) groups excluding carboxylic acids is 1. The third kappa shape index (κ3) is 3.53. The Hall–Kier alpha value is -1.42. The zero-order valence-electron chi connectivity index (χ0n) is 11.6. The minimum atomic E-state index is -0.324. The fraction of sp³-hybridized carbons (Fsp3) is 0.600. The Balaban J connectivity index is 1.92. The van der Waals surface area contributed by atoms with Crippen molar-refractivity contribution in [3.8, 4) is 0 Å². The van der Waals surface area contributed by atoms with Crippen molar-refractivity contribution in [1.29, 1.82) is 0 Å². The van der Waals surface area contributed by atoms with E-state index in [1.807, 2.05) is 12.3 Å². The highest BCUT2D eigenvalue weighted by Crippen LogP contribution is 2.34. The summed E-state index contributed by atoms with van der Waals surface area (Å²) in [4.78, 5) is 18.2. The number of hydrogen-bond acceptors (Lipinski definition) is 3. The molecule has 19 heavy (non-hydrogen) atoms. The van der Waals surface area contributed by atoms with E-state index in [0.29, 0.717) is 0 Å². The molecule has 4 nitrogen and oxygen atoms in total. The summed E-state index contributed by atoms with van der Waals surface area (Å²) < 4.78 is 0. The average Bonchev–Trinajstić information content (AvgIpc) is 2.40. The molecule has 0 bridgehead atoms. The number of rotatable bonds is 5. The molecule has 1 atom stereocenters. The van der Waals surface area contributed by atoms with Gasteiger partial charge in [0.05, 0.1) is 5.41 Å². The van der Waals surface area contributed by atoms with Crippen molar-refractivity contribution in [2.45, 2.75) is 32.1 Å². The minimum absolute atomic E-state index is 0.134. The van der Waals surface area contributed by atoms with Crippen LogP contribution in [0.25, 0.3) is 0 Å². The van der Waals surface area contributed by atoms with E-state index < -0.39 is 0 Å². The van der Waals surface area contributed by atoms with Crippen molar-refractivity contribution < 1.29 is 4.79 Å². The van der Waals surface area contributed by atoms with Crippen molar-refractivity contribution in [3.05, 3.63) is 30.1 Å². The van der Waals surface area contributed by atoms with Gasteiger partial charge in [-0.15, -0.1) is 0 Å². The van der Waals surface area contributed by atoms with E-state index in [0.717, 1.165) is 45.2 Å². The molecule has 2 N–H and O–H groups in total. The lowest BCUT2D eigenvalue weighted by atomic mass is 9.75. The number of hydrogen-bond donors (Lipinski definition) is 1. The summed E-state index contributed by atoms with van der Waals surface area (Å²) in [6, 6.07) is 4.03. The fourth-order valence-electron chi connectivity index (χ4n) is 3.07. The number of aryl methyl sites for hydroxylation is 1. The second-order valence-electron chi connectivity index (χ2n) is 5.70. The number of carbonyl (C=O) groups is 1. The average molecular weight is 261 g/mol. The Morgan fingerprint density at radius 1 is 1.58 bits per heavy atom. The Bertz CT molecular complexity index is 421. The van der Waals surface area contributed by atoms with E-state index in [9.17, 15) is 4.79 Å². The van der Waals surface area contributed by atoms with Gasteiger partial charge in [-0.3, -0.25) is 9.78 Å². The maximum atomic E-state index is 11.8. The Morgan fingerprint density at radius 2 is 2.42 bits per heavy atom. The topological polar surface area (TPSA) is 59.2 Å². The molecular weight excluding hydrogens is 238 g/mol. The van der Waals surface area contributed by atoms with Crippen LogP contribution in [0.2, 0.25) is 0 Å². The lowest BCUT2D eigenvalue weighted by molar-refractivity contribution is -0.131. The van der Waals surface area contributed by atoms with Crippen molar-refractivity contribution in [1.82, 2.24) is 9.88 Å². The molecule has 2 heterocycles. The lowest BCUT2D eigenvalue weighted by Crippen LogP contribution is -2.49. The zero-order chi connectivity index (χ0) is 13.7. The number of nitrogens with two attached hydrogens (primary N) is 1. The summed E-state index contributed by atoms with van der Waals surface area (Å²) in [7, 11) is 2.07. The molecule has 1 aromatic rings. The van der Waals surface area contributed by atoms with E-state index >= 15 is 0 Å². The van der Waals surface area contributed by atoms with Gasteiger partial charge in [-0.05, 0) is 57.3 Å². The molecule has 1 fully saturated rings. The monoisotopic (exact) mass is 261 g/mol. The third-order valence-corrected chi connectivity index (χ3v) is 4.13. The first kappa shape index (κ1) is 14.0. The Labute approximate surface area is 115 Å². The van der Waals surface area contributed by atoms with Crippen LogP contribution in [0.5, 0.6) is 0 Å². The molecule has 0 aromatic carbocycles. The van der Waals surface area contributed by atoms with Gasteiger partial charge in [0, 0.05) is 18.9 Å². The van der Waals surface area contributed by atoms with Crippen LogP contribution < -0.4 is 5.73 Å². The third-order valence-electron chi connectivity index (χ3n) is 4.13. The highest BCUT2D eigenvalue weighted by molar-refractivity contribution is 5.81. The molecule has 1 aliphatic rings. The molecule has 0 unspecified atom stereocenters. The van der Waals surface area contributed by atoms with Crippen molar-refractivity contribution in [3.63, 3.8) is 0 Å². The summed E-state index contributed by atoms with van der Waals surface area (Å²) in [6.45, 7) is 1.87. The first-order chi connectivity index (χ1) is 9.12.